The molecular formula is C59H48BN2OS. The molecule has 0 saturated heterocycles. The number of anilines is 2. The third-order valence-electron chi connectivity index (χ3n) is 14.5. The molecule has 3 aromatic heterocycles. The first kappa shape index (κ1) is 38.0. The SMILES string of the molecule is CC(C)(C)c1ccc(Nc2cc3sc4ccc(C(C)(C)C)cc4c3cc2-c2ccc3c4c5c(ccc4n4c3c2[B]c2cc3c(cc2-4)oc2ccccc23)C(C)(C)c2ccccc2-5)cc1. The fourth-order valence-electron chi connectivity index (χ4n) is 11.1. The van der Waals surface area contributed by atoms with Gasteiger partial charge in [-0.05, 0) is 104 Å². The average Bonchev–Trinajstić information content (AvgIpc) is 3.99. The van der Waals surface area contributed by atoms with Crippen LogP contribution in [0.2, 0.25) is 0 Å². The maximum absolute atomic E-state index is 6.59. The lowest BCUT2D eigenvalue weighted by atomic mass is 9.59. The molecule has 0 fully saturated rings. The Morgan fingerprint density at radius 2 is 1.33 bits per heavy atom. The number of fused-ring (bicyclic) bond motifs is 15. The van der Waals surface area contributed by atoms with Crippen LogP contribution >= 0.6 is 11.3 Å². The third kappa shape index (κ3) is 5.28. The van der Waals surface area contributed by atoms with Crippen LogP contribution in [0.15, 0.2) is 144 Å². The standard InChI is InChI=1S/C59H48BN2OS/c1-57(2,3)32-17-20-34(21-18-32)61-46-30-52-42(41-27-33(58(4,5)6)19-26-51(41)64-52)28-39(46)36-22-23-38-54-47(25-24-44-53(54)37-14-9-11-15-43(37)59(44,7)8)62-48-31-50-40(29-45(48)60-55(36)56(38)62)35-13-10-12-16-49(35)63-50/h9-31,61H,1-8H3. The Morgan fingerprint density at radius 1 is 0.578 bits per heavy atom. The number of benzene rings is 8. The van der Waals surface area contributed by atoms with Gasteiger partial charge in [0.2, 0.25) is 0 Å². The van der Waals surface area contributed by atoms with Gasteiger partial charge in [0.15, 0.2) is 7.28 Å². The summed E-state index contributed by atoms with van der Waals surface area (Å²) >= 11 is 1.88. The first-order valence-electron chi connectivity index (χ1n) is 22.7. The van der Waals surface area contributed by atoms with E-state index in [-0.39, 0.29) is 16.2 Å². The summed E-state index contributed by atoms with van der Waals surface area (Å²) in [6.45, 7) is 18.5. The number of nitrogens with zero attached hydrogens (tertiary/aromatic N) is 1. The number of thiophene rings is 1. The first-order valence-corrected chi connectivity index (χ1v) is 23.5. The van der Waals surface area contributed by atoms with Crippen LogP contribution in [0.4, 0.5) is 11.4 Å². The average molecular weight is 844 g/mol. The van der Waals surface area contributed by atoms with E-state index in [0.29, 0.717) is 0 Å². The number of nitrogens with one attached hydrogen (secondary N) is 1. The predicted molar refractivity (Wildman–Crippen MR) is 276 cm³/mol. The van der Waals surface area contributed by atoms with Crippen molar-refractivity contribution in [3.63, 3.8) is 0 Å². The summed E-state index contributed by atoms with van der Waals surface area (Å²) < 4.78 is 11.7. The zero-order valence-electron chi connectivity index (χ0n) is 37.6. The lowest BCUT2D eigenvalue weighted by Crippen LogP contribution is -2.37. The van der Waals surface area contributed by atoms with E-state index < -0.39 is 0 Å². The topological polar surface area (TPSA) is 30.1 Å². The van der Waals surface area contributed by atoms with Crippen molar-refractivity contribution in [2.75, 3.05) is 5.32 Å². The molecule has 309 valence electrons. The smallest absolute Gasteiger partial charge is 0.197 e. The second-order valence-electron chi connectivity index (χ2n) is 20.9. The summed E-state index contributed by atoms with van der Waals surface area (Å²) in [5.74, 6) is 0. The van der Waals surface area contributed by atoms with Crippen molar-refractivity contribution in [1.29, 1.82) is 0 Å². The van der Waals surface area contributed by atoms with Crippen molar-refractivity contribution in [3.05, 3.63) is 162 Å². The van der Waals surface area contributed by atoms with Gasteiger partial charge in [0.25, 0.3) is 0 Å². The Hall–Kier alpha value is -6.56. The van der Waals surface area contributed by atoms with Gasteiger partial charge in [0.05, 0.1) is 5.52 Å². The molecule has 0 atom stereocenters. The lowest BCUT2D eigenvalue weighted by Gasteiger charge is -2.24. The van der Waals surface area contributed by atoms with Crippen molar-refractivity contribution in [3.8, 4) is 27.9 Å². The summed E-state index contributed by atoms with van der Waals surface area (Å²) in [6.07, 6.45) is 0. The van der Waals surface area contributed by atoms with Crippen LogP contribution in [0, 0.1) is 0 Å². The van der Waals surface area contributed by atoms with Crippen molar-refractivity contribution in [2.45, 2.75) is 71.6 Å². The zero-order chi connectivity index (χ0) is 43.6. The highest BCUT2D eigenvalue weighted by atomic mass is 32.1. The minimum absolute atomic E-state index is 0.0403. The van der Waals surface area contributed by atoms with E-state index in [1.807, 2.05) is 11.3 Å². The maximum atomic E-state index is 6.59. The second-order valence-corrected chi connectivity index (χ2v) is 22.0. The summed E-state index contributed by atoms with van der Waals surface area (Å²) in [4.78, 5) is 0. The Morgan fingerprint density at radius 3 is 2.14 bits per heavy atom. The molecule has 13 rings (SSSR count). The number of hydrogen-bond donors (Lipinski definition) is 1. The van der Waals surface area contributed by atoms with Crippen molar-refractivity contribution in [2.24, 2.45) is 0 Å². The molecule has 2 aliphatic rings. The molecular weight excluding hydrogens is 796 g/mol. The first-order chi connectivity index (χ1) is 30.7. The van der Waals surface area contributed by atoms with Crippen LogP contribution in [0.3, 0.4) is 0 Å². The van der Waals surface area contributed by atoms with Crippen LogP contribution in [0.1, 0.15) is 77.6 Å². The van der Waals surface area contributed by atoms with Crippen molar-refractivity contribution >= 4 is 105 Å². The van der Waals surface area contributed by atoms with Gasteiger partial charge in [0, 0.05) is 81.3 Å². The normalized spacial score (nSPS) is 14.2. The van der Waals surface area contributed by atoms with Gasteiger partial charge in [-0.25, -0.2) is 0 Å². The number of hydrogen-bond acceptors (Lipinski definition) is 3. The molecule has 0 amide bonds. The van der Waals surface area contributed by atoms with Gasteiger partial charge in [0.1, 0.15) is 11.2 Å². The monoisotopic (exact) mass is 843 g/mol. The van der Waals surface area contributed by atoms with Gasteiger partial charge in [-0.15, -0.1) is 11.3 Å². The summed E-state index contributed by atoms with van der Waals surface area (Å²) in [6, 6.07) is 52.7. The second kappa shape index (κ2) is 12.8. The Kier molecular flexibility index (Phi) is 7.59. The van der Waals surface area contributed by atoms with E-state index in [1.54, 1.807) is 0 Å². The zero-order valence-corrected chi connectivity index (χ0v) is 38.4. The quantitative estimate of drug-likeness (QED) is 0.180. The molecule has 11 aromatic rings. The van der Waals surface area contributed by atoms with E-state index in [9.17, 15) is 0 Å². The van der Waals surface area contributed by atoms with Crippen LogP contribution < -0.4 is 16.2 Å². The molecule has 4 heterocycles. The minimum atomic E-state index is -0.112. The molecule has 3 nitrogen and oxygen atoms in total. The van der Waals surface area contributed by atoms with Gasteiger partial charge < -0.3 is 14.3 Å². The number of furan rings is 1. The number of rotatable bonds is 3. The van der Waals surface area contributed by atoms with Gasteiger partial charge in [-0.1, -0.05) is 146 Å². The van der Waals surface area contributed by atoms with E-state index in [2.05, 4.69) is 212 Å². The number of aromatic nitrogens is 1. The third-order valence-corrected chi connectivity index (χ3v) is 15.7. The summed E-state index contributed by atoms with van der Waals surface area (Å²) in [7, 11) is 2.46. The molecule has 0 unspecified atom stereocenters. The van der Waals surface area contributed by atoms with E-state index in [4.69, 9.17) is 4.42 Å². The van der Waals surface area contributed by atoms with E-state index in [0.717, 1.165) is 39.0 Å². The Labute approximate surface area is 378 Å². The highest BCUT2D eigenvalue weighted by Crippen LogP contribution is 2.54. The highest BCUT2D eigenvalue weighted by Gasteiger charge is 2.38. The lowest BCUT2D eigenvalue weighted by molar-refractivity contribution is 0.590. The Bertz CT molecular complexity index is 3830. The maximum Gasteiger partial charge on any atom is 0.197 e. The number of para-hydroxylation sites is 1. The molecule has 1 aliphatic carbocycles. The molecule has 8 aromatic carbocycles. The molecule has 1 aliphatic heterocycles. The van der Waals surface area contributed by atoms with E-state index >= 15 is 0 Å². The van der Waals surface area contributed by atoms with Crippen molar-refractivity contribution in [1.82, 2.24) is 4.57 Å². The van der Waals surface area contributed by atoms with Crippen LogP contribution in [0.25, 0.3) is 91.9 Å². The molecule has 64 heavy (non-hydrogen) atoms. The van der Waals surface area contributed by atoms with Gasteiger partial charge in [-0.2, -0.15) is 0 Å². The fourth-order valence-corrected chi connectivity index (χ4v) is 12.2. The molecule has 1 radical (unpaired) electrons. The predicted octanol–water partition coefficient (Wildman–Crippen LogP) is 15.3. The molecule has 1 N–H and O–H groups in total. The molecule has 0 spiro atoms. The molecule has 5 heteroatoms. The molecule has 0 saturated carbocycles. The largest absolute Gasteiger partial charge is 0.456 e. The molecule has 0 bridgehead atoms. The fraction of sp³-hybridized carbons (Fsp3) is 0.186. The highest BCUT2D eigenvalue weighted by molar-refractivity contribution is 7.25. The van der Waals surface area contributed by atoms with Crippen molar-refractivity contribution < 1.29 is 4.42 Å². The van der Waals surface area contributed by atoms with Gasteiger partial charge in [-0.3, -0.25) is 0 Å². The summed E-state index contributed by atoms with van der Waals surface area (Å²) in [5.41, 5.74) is 20.5. The van der Waals surface area contributed by atoms with Crippen LogP contribution in [-0.2, 0) is 16.2 Å². The van der Waals surface area contributed by atoms with Crippen LogP contribution in [-0.4, -0.2) is 11.8 Å². The van der Waals surface area contributed by atoms with Gasteiger partial charge >= 0.3 is 0 Å². The Balaban J connectivity index is 1.13. The van der Waals surface area contributed by atoms with E-state index in [1.165, 1.54) is 97.4 Å². The summed E-state index contributed by atoms with van der Waals surface area (Å²) in [5, 5.41) is 11.4. The van der Waals surface area contributed by atoms with Crippen LogP contribution in [0.5, 0.6) is 0 Å². The minimum Gasteiger partial charge on any atom is -0.456 e.